The van der Waals surface area contributed by atoms with Gasteiger partial charge in [0.2, 0.25) is 0 Å². The maximum atomic E-state index is 13.7. The first kappa shape index (κ1) is 49.6. The van der Waals surface area contributed by atoms with Gasteiger partial charge in [-0.15, -0.1) is 0 Å². The van der Waals surface area contributed by atoms with Crippen molar-refractivity contribution in [3.63, 3.8) is 0 Å². The van der Waals surface area contributed by atoms with Crippen molar-refractivity contribution in [1.82, 2.24) is 0 Å². The number of hydrogen-bond acceptors (Lipinski definition) is 2. The highest BCUT2D eigenvalue weighted by Gasteiger charge is 2.88. The van der Waals surface area contributed by atoms with Gasteiger partial charge in [0.05, 0.1) is 0 Å². The van der Waals surface area contributed by atoms with Crippen LogP contribution in [0.5, 0.6) is 0 Å². The number of unbranched alkanes of at least 4 members (excludes halogenated alkanes) is 10. The van der Waals surface area contributed by atoms with Gasteiger partial charge in [-0.25, -0.2) is 0 Å². The molecule has 2 nitrogen and oxygen atoms in total. The summed E-state index contributed by atoms with van der Waals surface area (Å²) in [7, 11) is -2.83. The molecule has 0 amide bonds. The van der Waals surface area contributed by atoms with Crippen LogP contribution in [0.15, 0.2) is 0 Å². The van der Waals surface area contributed by atoms with E-state index in [0.29, 0.717) is 37.8 Å². The largest absolute Gasteiger partial charge is 0.460 e. The van der Waals surface area contributed by atoms with E-state index in [1.807, 2.05) is 0 Å². The van der Waals surface area contributed by atoms with Crippen LogP contribution in [-0.4, -0.2) is 68.1 Å². The summed E-state index contributed by atoms with van der Waals surface area (Å²) in [6, 6.07) is 0.586. The minimum absolute atomic E-state index is 0.0481. The van der Waals surface area contributed by atoms with Crippen LogP contribution in [0, 0.1) is 0 Å². The fourth-order valence-corrected chi connectivity index (χ4v) is 6.73. The van der Waals surface area contributed by atoms with Gasteiger partial charge in [0.15, 0.2) is 8.40 Å². The number of alkyl halides is 22. The van der Waals surface area contributed by atoms with Crippen molar-refractivity contribution in [2.24, 2.45) is 10.8 Å². The molecule has 0 aromatic carbocycles. The molecule has 0 bridgehead atoms. The smallest absolute Gasteiger partial charge is 0.339 e. The molecule has 0 atom stereocenters. The molecular weight excluding hydrogens is 786 g/mol. The van der Waals surface area contributed by atoms with Crippen LogP contribution < -0.4 is 10.8 Å². The van der Waals surface area contributed by atoms with Gasteiger partial charge in [0, 0.05) is 12.8 Å². The summed E-state index contributed by atoms with van der Waals surface area (Å²) in [5, 5.41) is 12.1. The molecule has 0 aromatic rings. The van der Waals surface area contributed by atoms with Crippen LogP contribution in [0.2, 0.25) is 12.1 Å². The first-order chi connectivity index (χ1) is 22.4. The van der Waals surface area contributed by atoms with Crippen LogP contribution in [0.25, 0.3) is 0 Å². The second-order valence-electron chi connectivity index (χ2n) is 12.3. The molecule has 0 aliphatic heterocycles. The summed E-state index contributed by atoms with van der Waals surface area (Å²) < 4.78 is 286. The van der Waals surface area contributed by atoms with Gasteiger partial charge in [-0.3, -0.25) is 0 Å². The Kier molecular flexibility index (Phi) is 16.5. The third-order valence-corrected chi connectivity index (χ3v) is 10.5. The molecule has 0 rings (SSSR count). The van der Waals surface area contributed by atoms with Crippen LogP contribution >= 0.6 is 0 Å². The molecule has 51 heavy (non-hydrogen) atoms. The molecular formula is C26H36F22N2Si. The van der Waals surface area contributed by atoms with E-state index in [2.05, 4.69) is 0 Å². The molecule has 0 aromatic heterocycles. The van der Waals surface area contributed by atoms with E-state index in [9.17, 15) is 96.6 Å². The SMILES string of the molecule is N[Si](N)(CCCCCCCCC(F)(F)C(F)(F)C(F)(F)C(F)(F)C(F)(F)F)CCCCCCCCC(F)(F)C(F)(F)C(F)(F)C(F)(F)C(F)(F)F. The third kappa shape index (κ3) is 11.3. The predicted octanol–water partition coefficient (Wildman–Crippen LogP) is 12.0. The molecule has 0 radical (unpaired) electrons. The van der Waals surface area contributed by atoms with E-state index in [0.717, 1.165) is 0 Å². The van der Waals surface area contributed by atoms with Crippen LogP contribution in [-0.2, 0) is 0 Å². The average molecular weight is 823 g/mol. The maximum Gasteiger partial charge on any atom is 0.460 e. The Hall–Kier alpha value is -1.40. The van der Waals surface area contributed by atoms with E-state index < -0.39 is 93.8 Å². The Morgan fingerprint density at radius 1 is 0.275 bits per heavy atom. The lowest BCUT2D eigenvalue weighted by Gasteiger charge is -2.37. The number of rotatable bonds is 24. The van der Waals surface area contributed by atoms with Gasteiger partial charge in [-0.05, 0) is 24.9 Å². The van der Waals surface area contributed by atoms with E-state index in [-0.39, 0.29) is 38.5 Å². The van der Waals surface area contributed by atoms with Crippen molar-refractivity contribution in [2.45, 2.75) is 162 Å². The summed E-state index contributed by atoms with van der Waals surface area (Å²) in [6.07, 6.45) is -19.1. The van der Waals surface area contributed by atoms with Gasteiger partial charge in [-0.1, -0.05) is 64.2 Å². The minimum Gasteiger partial charge on any atom is -0.339 e. The second kappa shape index (κ2) is 16.9. The quantitative estimate of drug-likeness (QED) is 0.0579. The van der Waals surface area contributed by atoms with Crippen LogP contribution in [0.3, 0.4) is 0 Å². The Bertz CT molecular complexity index is 975. The van der Waals surface area contributed by atoms with E-state index in [1.54, 1.807) is 0 Å². The zero-order chi connectivity index (χ0) is 40.8. The summed E-state index contributed by atoms with van der Waals surface area (Å²) in [4.78, 5) is 0. The molecule has 0 aliphatic carbocycles. The second-order valence-corrected chi connectivity index (χ2v) is 15.8. The van der Waals surface area contributed by atoms with Crippen molar-refractivity contribution in [3.05, 3.63) is 0 Å². The molecule has 0 fully saturated rings. The Morgan fingerprint density at radius 2 is 0.490 bits per heavy atom. The lowest BCUT2D eigenvalue weighted by molar-refractivity contribution is -0.422. The highest BCUT2D eigenvalue weighted by molar-refractivity contribution is 6.73. The molecule has 25 heteroatoms. The van der Waals surface area contributed by atoms with Crippen LogP contribution in [0.4, 0.5) is 96.6 Å². The van der Waals surface area contributed by atoms with Crippen LogP contribution in [0.1, 0.15) is 89.9 Å². The normalized spacial score (nSPS) is 15.5. The zero-order valence-corrected chi connectivity index (χ0v) is 27.3. The maximum absolute atomic E-state index is 13.7. The molecule has 0 spiro atoms. The van der Waals surface area contributed by atoms with Gasteiger partial charge in [-0.2, -0.15) is 96.6 Å². The van der Waals surface area contributed by atoms with Gasteiger partial charge < -0.3 is 10.8 Å². The lowest BCUT2D eigenvalue weighted by Crippen LogP contribution is -2.66. The molecule has 0 unspecified atom stereocenters. The summed E-state index contributed by atoms with van der Waals surface area (Å²) in [5.74, 6) is -55.7. The van der Waals surface area contributed by atoms with Gasteiger partial charge >= 0.3 is 59.7 Å². The van der Waals surface area contributed by atoms with Crippen molar-refractivity contribution >= 4 is 8.40 Å². The fraction of sp³-hybridized carbons (Fsp3) is 1.00. The lowest BCUT2D eigenvalue weighted by atomic mass is 9.94. The topological polar surface area (TPSA) is 52.0 Å². The predicted molar refractivity (Wildman–Crippen MR) is 140 cm³/mol. The van der Waals surface area contributed by atoms with Crippen molar-refractivity contribution < 1.29 is 96.6 Å². The number of nitrogens with two attached hydrogens (primary N) is 2. The van der Waals surface area contributed by atoms with Gasteiger partial charge in [0.25, 0.3) is 0 Å². The summed E-state index contributed by atoms with van der Waals surface area (Å²) >= 11 is 0. The first-order valence-electron chi connectivity index (χ1n) is 15.1. The molecule has 0 saturated carbocycles. The monoisotopic (exact) mass is 822 g/mol. The van der Waals surface area contributed by atoms with Crippen molar-refractivity contribution in [1.29, 1.82) is 0 Å². The van der Waals surface area contributed by atoms with E-state index in [4.69, 9.17) is 10.8 Å². The number of hydrogen-bond donors (Lipinski definition) is 2. The third-order valence-electron chi connectivity index (χ3n) is 7.97. The fourth-order valence-electron chi connectivity index (χ4n) is 4.67. The number of halogens is 22. The van der Waals surface area contributed by atoms with Crippen molar-refractivity contribution in [3.8, 4) is 0 Å². The van der Waals surface area contributed by atoms with E-state index in [1.165, 1.54) is 0 Å². The standard InChI is InChI=1S/C26H36F22N2Si/c27-17(28,19(31,32)21(35,36)23(39,40)25(43,44)45)13-9-5-1-3-7-11-15-51(49,50)16-12-8-4-2-6-10-14-18(29,30)20(33,34)22(37,38)24(41,42)26(46,47)48/h1-16,49-50H2. The highest BCUT2D eigenvalue weighted by atomic mass is 28.3. The molecule has 0 heterocycles. The minimum atomic E-state index is -7.45. The zero-order valence-electron chi connectivity index (χ0n) is 26.3. The van der Waals surface area contributed by atoms with Crippen molar-refractivity contribution in [2.75, 3.05) is 0 Å². The highest BCUT2D eigenvalue weighted by Crippen LogP contribution is 2.59. The molecule has 0 aliphatic rings. The van der Waals surface area contributed by atoms with E-state index >= 15 is 0 Å². The Morgan fingerprint density at radius 3 is 0.725 bits per heavy atom. The van der Waals surface area contributed by atoms with Gasteiger partial charge in [0.1, 0.15) is 0 Å². The Balaban J connectivity index is 4.44. The molecule has 4 N–H and O–H groups in total. The first-order valence-corrected chi connectivity index (χ1v) is 17.7. The average Bonchev–Trinajstić information content (AvgIpc) is 2.93. The molecule has 0 saturated heterocycles. The summed E-state index contributed by atoms with van der Waals surface area (Å²) in [6.45, 7) is 0. The Labute approximate surface area is 278 Å². The molecule has 308 valence electrons. The summed E-state index contributed by atoms with van der Waals surface area (Å²) in [5.41, 5.74) is 0.